The van der Waals surface area contributed by atoms with Crippen LogP contribution in [-0.4, -0.2) is 97.3 Å². The van der Waals surface area contributed by atoms with Crippen molar-refractivity contribution in [2.75, 3.05) is 47.6 Å². The molecule has 3 unspecified atom stereocenters. The van der Waals surface area contributed by atoms with Gasteiger partial charge < -0.3 is 29.9 Å². The van der Waals surface area contributed by atoms with Gasteiger partial charge >= 0.3 is 0 Å². The van der Waals surface area contributed by atoms with Crippen LogP contribution in [0.3, 0.4) is 0 Å². The van der Waals surface area contributed by atoms with Crippen LogP contribution < -0.4 is 0 Å². The maximum absolute atomic E-state index is 9.73. The molecule has 0 heterocycles. The van der Waals surface area contributed by atoms with Gasteiger partial charge in [-0.15, -0.1) is 0 Å². The first-order valence-electron chi connectivity index (χ1n) is 5.81. The van der Waals surface area contributed by atoms with Gasteiger partial charge in [-0.25, -0.2) is 0 Å². The number of methoxy groups -OCH3 is 2. The Morgan fingerprint density at radius 2 is 1.50 bits per heavy atom. The van der Waals surface area contributed by atoms with Crippen LogP contribution >= 0.6 is 0 Å². The maximum Gasteiger partial charge on any atom is 0.109 e. The smallest absolute Gasteiger partial charge is 0.109 e. The first kappa shape index (κ1) is 17.7. The molecule has 0 spiro atoms. The molecule has 0 saturated carbocycles. The average Bonchev–Trinajstić information content (AvgIpc) is 2.36. The van der Waals surface area contributed by atoms with Crippen LogP contribution in [0, 0.1) is 0 Å². The van der Waals surface area contributed by atoms with Crippen molar-refractivity contribution in [3.05, 3.63) is 0 Å². The van der Waals surface area contributed by atoms with Gasteiger partial charge in [-0.2, -0.15) is 0 Å². The topological polar surface area (TPSA) is 103 Å². The van der Waals surface area contributed by atoms with E-state index in [0.29, 0.717) is 13.2 Å². The highest BCUT2D eigenvalue weighted by Crippen LogP contribution is 2.05. The SMILES string of the molecule is COCC(COC)N(C)CC(O)C(O)C(O)CO. The summed E-state index contributed by atoms with van der Waals surface area (Å²) in [5.74, 6) is 0. The Labute approximate surface area is 108 Å². The van der Waals surface area contributed by atoms with Crippen LogP contribution in [0.5, 0.6) is 0 Å². The van der Waals surface area contributed by atoms with Crippen LogP contribution in [0.15, 0.2) is 0 Å². The van der Waals surface area contributed by atoms with Crippen molar-refractivity contribution < 1.29 is 29.9 Å². The second kappa shape index (κ2) is 9.62. The third-order valence-electron chi connectivity index (χ3n) is 2.79. The lowest BCUT2D eigenvalue weighted by molar-refractivity contribution is -0.0885. The van der Waals surface area contributed by atoms with Crippen LogP contribution in [0.2, 0.25) is 0 Å². The highest BCUT2D eigenvalue weighted by Gasteiger charge is 2.27. The predicted octanol–water partition coefficient (Wildman–Crippen LogP) is -2.35. The van der Waals surface area contributed by atoms with Gasteiger partial charge in [0, 0.05) is 20.8 Å². The number of nitrogens with zero attached hydrogens (tertiary/aromatic N) is 1. The molecule has 0 aliphatic carbocycles. The number of aliphatic hydroxyl groups is 4. The van der Waals surface area contributed by atoms with E-state index in [2.05, 4.69) is 0 Å². The fourth-order valence-electron chi connectivity index (χ4n) is 1.60. The summed E-state index contributed by atoms with van der Waals surface area (Å²) in [5, 5.41) is 37.2. The molecular weight excluding hydrogens is 242 g/mol. The number of aliphatic hydroxyl groups excluding tert-OH is 4. The molecule has 0 aromatic carbocycles. The molecule has 0 radical (unpaired) electrons. The van der Waals surface area contributed by atoms with Gasteiger partial charge in [0.05, 0.1) is 32.0 Å². The Morgan fingerprint density at radius 1 is 1.00 bits per heavy atom. The molecule has 0 aliphatic heterocycles. The molecule has 0 fully saturated rings. The van der Waals surface area contributed by atoms with Gasteiger partial charge in [0.2, 0.25) is 0 Å². The molecule has 7 heteroatoms. The molecule has 0 amide bonds. The largest absolute Gasteiger partial charge is 0.394 e. The number of ether oxygens (including phenoxy) is 2. The molecule has 0 aromatic rings. The second-order valence-electron chi connectivity index (χ2n) is 4.31. The zero-order valence-electron chi connectivity index (χ0n) is 11.2. The number of hydrogen-bond acceptors (Lipinski definition) is 7. The summed E-state index contributed by atoms with van der Waals surface area (Å²) < 4.78 is 10.1. The molecule has 0 saturated heterocycles. The van der Waals surface area contributed by atoms with Crippen molar-refractivity contribution in [3.63, 3.8) is 0 Å². The van der Waals surface area contributed by atoms with Gasteiger partial charge in [-0.3, -0.25) is 4.90 Å². The van der Waals surface area contributed by atoms with E-state index < -0.39 is 24.9 Å². The van der Waals surface area contributed by atoms with E-state index in [0.717, 1.165) is 0 Å². The highest BCUT2D eigenvalue weighted by atomic mass is 16.5. The van der Waals surface area contributed by atoms with Gasteiger partial charge in [-0.05, 0) is 7.05 Å². The fraction of sp³-hybridized carbons (Fsp3) is 1.00. The lowest BCUT2D eigenvalue weighted by atomic mass is 10.1. The van der Waals surface area contributed by atoms with Crippen LogP contribution in [0.4, 0.5) is 0 Å². The third-order valence-corrected chi connectivity index (χ3v) is 2.79. The maximum atomic E-state index is 9.73. The molecule has 4 N–H and O–H groups in total. The molecule has 18 heavy (non-hydrogen) atoms. The standard InChI is InChI=1S/C11H25NO6/c1-12(8(6-17-2)7-18-3)4-9(14)11(16)10(15)5-13/h8-11,13-16H,4-7H2,1-3H3. The Balaban J connectivity index is 4.28. The van der Waals surface area contributed by atoms with E-state index in [-0.39, 0.29) is 12.6 Å². The first-order valence-corrected chi connectivity index (χ1v) is 5.81. The Bertz CT molecular complexity index is 200. The van der Waals surface area contributed by atoms with Gasteiger partial charge in [-0.1, -0.05) is 0 Å². The van der Waals surface area contributed by atoms with E-state index in [4.69, 9.17) is 14.6 Å². The van der Waals surface area contributed by atoms with E-state index in [9.17, 15) is 15.3 Å². The highest BCUT2D eigenvalue weighted by molar-refractivity contribution is 4.79. The van der Waals surface area contributed by atoms with Crippen molar-refractivity contribution in [1.82, 2.24) is 4.90 Å². The molecular formula is C11H25NO6. The lowest BCUT2D eigenvalue weighted by Crippen LogP contribution is -2.49. The zero-order valence-corrected chi connectivity index (χ0v) is 11.2. The molecule has 0 aliphatic rings. The molecule has 110 valence electrons. The molecule has 0 aromatic heterocycles. The monoisotopic (exact) mass is 267 g/mol. The predicted molar refractivity (Wildman–Crippen MR) is 65.3 cm³/mol. The van der Waals surface area contributed by atoms with Crippen molar-refractivity contribution in [2.45, 2.75) is 24.4 Å². The van der Waals surface area contributed by atoms with Crippen molar-refractivity contribution >= 4 is 0 Å². The van der Waals surface area contributed by atoms with Gasteiger partial charge in [0.15, 0.2) is 0 Å². The van der Waals surface area contributed by atoms with Gasteiger partial charge in [0.1, 0.15) is 12.2 Å². The van der Waals surface area contributed by atoms with Gasteiger partial charge in [0.25, 0.3) is 0 Å². The summed E-state index contributed by atoms with van der Waals surface area (Å²) >= 11 is 0. The number of likely N-dealkylation sites (N-methyl/N-ethyl adjacent to an activating group) is 1. The quantitative estimate of drug-likeness (QED) is 0.351. The summed E-state index contributed by atoms with van der Waals surface area (Å²) in [6.45, 7) is 0.391. The number of hydrogen-bond donors (Lipinski definition) is 4. The summed E-state index contributed by atoms with van der Waals surface area (Å²) in [4.78, 5) is 1.77. The second-order valence-corrected chi connectivity index (χ2v) is 4.31. The van der Waals surface area contributed by atoms with Crippen LogP contribution in [0.1, 0.15) is 0 Å². The van der Waals surface area contributed by atoms with Crippen molar-refractivity contribution in [2.24, 2.45) is 0 Å². The normalized spacial score (nSPS) is 17.2. The van der Waals surface area contributed by atoms with Crippen LogP contribution in [-0.2, 0) is 9.47 Å². The fourth-order valence-corrected chi connectivity index (χ4v) is 1.60. The minimum Gasteiger partial charge on any atom is -0.394 e. The Hall–Kier alpha value is -0.280. The third kappa shape index (κ3) is 6.05. The summed E-state index contributed by atoms with van der Waals surface area (Å²) in [7, 11) is 4.89. The first-order chi connectivity index (χ1) is 8.47. The minimum absolute atomic E-state index is 0.0619. The van der Waals surface area contributed by atoms with E-state index in [1.54, 1.807) is 26.2 Å². The van der Waals surface area contributed by atoms with E-state index in [1.165, 1.54) is 0 Å². The average molecular weight is 267 g/mol. The van der Waals surface area contributed by atoms with E-state index in [1.807, 2.05) is 0 Å². The van der Waals surface area contributed by atoms with Crippen molar-refractivity contribution in [3.8, 4) is 0 Å². The van der Waals surface area contributed by atoms with Crippen LogP contribution in [0.25, 0.3) is 0 Å². The number of rotatable bonds is 10. The van der Waals surface area contributed by atoms with E-state index >= 15 is 0 Å². The zero-order chi connectivity index (χ0) is 14.1. The lowest BCUT2D eigenvalue weighted by Gasteiger charge is -2.31. The summed E-state index contributed by atoms with van der Waals surface area (Å²) in [6.07, 6.45) is -3.90. The molecule has 0 rings (SSSR count). The van der Waals surface area contributed by atoms with Crippen molar-refractivity contribution in [1.29, 1.82) is 0 Å². The minimum atomic E-state index is -1.39. The molecule has 3 atom stereocenters. The Morgan fingerprint density at radius 3 is 1.89 bits per heavy atom. The molecule has 7 nitrogen and oxygen atoms in total. The Kier molecular flexibility index (Phi) is 9.47. The molecule has 0 bridgehead atoms. The summed E-state index contributed by atoms with van der Waals surface area (Å²) in [5.41, 5.74) is 0. The summed E-state index contributed by atoms with van der Waals surface area (Å²) in [6, 6.07) is -0.0619.